The third-order valence-corrected chi connectivity index (χ3v) is 3.71. The molecule has 1 aromatic rings. The fourth-order valence-corrected chi connectivity index (χ4v) is 2.87. The van der Waals surface area contributed by atoms with Crippen LogP contribution in [0.25, 0.3) is 0 Å². The van der Waals surface area contributed by atoms with Crippen LogP contribution in [0.3, 0.4) is 0 Å². The van der Waals surface area contributed by atoms with Gasteiger partial charge in [0.15, 0.2) is 0 Å². The maximum Gasteiger partial charge on any atom is 0.272 e. The Kier molecular flexibility index (Phi) is 3.61. The van der Waals surface area contributed by atoms with Gasteiger partial charge in [-0.2, -0.15) is 0 Å². The van der Waals surface area contributed by atoms with Crippen molar-refractivity contribution in [2.24, 2.45) is 5.41 Å². The van der Waals surface area contributed by atoms with E-state index in [1.165, 1.54) is 12.1 Å². The molecule has 1 heterocycles. The van der Waals surface area contributed by atoms with Gasteiger partial charge in [-0.05, 0) is 44.2 Å². The van der Waals surface area contributed by atoms with E-state index in [0.29, 0.717) is 11.1 Å². The first kappa shape index (κ1) is 14.0. The number of hydrogen-bond acceptors (Lipinski definition) is 2. The van der Waals surface area contributed by atoms with E-state index in [-0.39, 0.29) is 18.0 Å². The van der Waals surface area contributed by atoms with Crippen LogP contribution in [0.5, 0.6) is 0 Å². The second kappa shape index (κ2) is 4.91. The SMILES string of the molecule is CC(C)N(C(=O)c1ccc(F)cn1)C1CC(C)(C)C1. The van der Waals surface area contributed by atoms with Crippen LogP contribution in [0.15, 0.2) is 18.3 Å². The van der Waals surface area contributed by atoms with Gasteiger partial charge in [0.25, 0.3) is 5.91 Å². The van der Waals surface area contributed by atoms with Gasteiger partial charge in [0.1, 0.15) is 11.5 Å². The van der Waals surface area contributed by atoms with Crippen molar-refractivity contribution in [1.29, 1.82) is 0 Å². The van der Waals surface area contributed by atoms with Crippen molar-refractivity contribution in [2.75, 3.05) is 0 Å². The molecule has 3 nitrogen and oxygen atoms in total. The zero-order valence-electron chi connectivity index (χ0n) is 12.0. The topological polar surface area (TPSA) is 33.2 Å². The quantitative estimate of drug-likeness (QED) is 0.839. The Bertz CT molecular complexity index is 460. The number of pyridine rings is 1. The summed E-state index contributed by atoms with van der Waals surface area (Å²) in [6, 6.07) is 3.13. The summed E-state index contributed by atoms with van der Waals surface area (Å²) >= 11 is 0. The first-order valence-corrected chi connectivity index (χ1v) is 6.74. The lowest BCUT2D eigenvalue weighted by Crippen LogP contribution is -2.53. The summed E-state index contributed by atoms with van der Waals surface area (Å²) in [7, 11) is 0. The Morgan fingerprint density at radius 3 is 2.47 bits per heavy atom. The van der Waals surface area contributed by atoms with Gasteiger partial charge in [0.05, 0.1) is 6.20 Å². The van der Waals surface area contributed by atoms with E-state index in [1.807, 2.05) is 18.7 Å². The third-order valence-electron chi connectivity index (χ3n) is 3.71. The van der Waals surface area contributed by atoms with Crippen molar-refractivity contribution >= 4 is 5.91 Å². The summed E-state index contributed by atoms with van der Waals surface area (Å²) in [5, 5.41) is 0. The average molecular weight is 264 g/mol. The van der Waals surface area contributed by atoms with Gasteiger partial charge in [-0.15, -0.1) is 0 Å². The summed E-state index contributed by atoms with van der Waals surface area (Å²) in [4.78, 5) is 18.3. The first-order valence-electron chi connectivity index (χ1n) is 6.74. The molecular formula is C15H21FN2O. The minimum absolute atomic E-state index is 0.101. The predicted octanol–water partition coefficient (Wildman–Crippen LogP) is 3.26. The summed E-state index contributed by atoms with van der Waals surface area (Å²) in [6.07, 6.45) is 3.12. The smallest absolute Gasteiger partial charge is 0.272 e. The Morgan fingerprint density at radius 2 is 2.05 bits per heavy atom. The van der Waals surface area contributed by atoms with Crippen molar-refractivity contribution in [3.63, 3.8) is 0 Å². The van der Waals surface area contributed by atoms with E-state index in [9.17, 15) is 9.18 Å². The Hall–Kier alpha value is -1.45. The molecule has 0 N–H and O–H groups in total. The minimum Gasteiger partial charge on any atom is -0.332 e. The lowest BCUT2D eigenvalue weighted by atomic mass is 9.67. The number of carbonyl (C=O) groups is 1. The number of aromatic nitrogens is 1. The van der Waals surface area contributed by atoms with Crippen LogP contribution in [0.2, 0.25) is 0 Å². The van der Waals surface area contributed by atoms with Crippen molar-refractivity contribution in [3.8, 4) is 0 Å². The van der Waals surface area contributed by atoms with Crippen LogP contribution in [0, 0.1) is 11.2 Å². The van der Waals surface area contributed by atoms with E-state index in [0.717, 1.165) is 19.0 Å². The fourth-order valence-electron chi connectivity index (χ4n) is 2.87. The van der Waals surface area contributed by atoms with E-state index in [2.05, 4.69) is 18.8 Å². The van der Waals surface area contributed by atoms with Gasteiger partial charge in [0, 0.05) is 12.1 Å². The molecule has 1 aliphatic carbocycles. The Morgan fingerprint density at radius 1 is 1.42 bits per heavy atom. The number of nitrogens with zero attached hydrogens (tertiary/aromatic N) is 2. The monoisotopic (exact) mass is 264 g/mol. The van der Waals surface area contributed by atoms with E-state index < -0.39 is 5.82 Å². The number of rotatable bonds is 3. The molecule has 1 aliphatic rings. The third kappa shape index (κ3) is 2.94. The fraction of sp³-hybridized carbons (Fsp3) is 0.600. The highest BCUT2D eigenvalue weighted by molar-refractivity contribution is 5.92. The Balaban J connectivity index is 2.16. The molecule has 0 bridgehead atoms. The molecule has 1 saturated carbocycles. The standard InChI is InChI=1S/C15H21FN2O/c1-10(2)18(12-7-15(3,4)8-12)14(19)13-6-5-11(16)9-17-13/h5-6,9-10,12H,7-8H2,1-4H3. The van der Waals surface area contributed by atoms with E-state index in [1.54, 1.807) is 0 Å². The lowest BCUT2D eigenvalue weighted by molar-refractivity contribution is 0.00989. The maximum atomic E-state index is 12.9. The summed E-state index contributed by atoms with van der Waals surface area (Å²) in [5.74, 6) is -0.520. The molecule has 2 rings (SSSR count). The van der Waals surface area contributed by atoms with Gasteiger partial charge >= 0.3 is 0 Å². The van der Waals surface area contributed by atoms with Crippen LogP contribution >= 0.6 is 0 Å². The van der Waals surface area contributed by atoms with Gasteiger partial charge in [-0.3, -0.25) is 4.79 Å². The number of amides is 1. The van der Waals surface area contributed by atoms with Crippen LogP contribution < -0.4 is 0 Å². The molecule has 104 valence electrons. The second-order valence-corrected chi connectivity index (χ2v) is 6.39. The van der Waals surface area contributed by atoms with E-state index in [4.69, 9.17) is 0 Å². The first-order chi connectivity index (χ1) is 8.80. The summed E-state index contributed by atoms with van der Waals surface area (Å²) < 4.78 is 12.9. The molecule has 0 unspecified atom stereocenters. The molecule has 4 heteroatoms. The van der Waals surface area contributed by atoms with Crippen molar-refractivity contribution in [2.45, 2.75) is 52.6 Å². The normalized spacial score (nSPS) is 18.2. The number of carbonyl (C=O) groups excluding carboxylic acids is 1. The van der Waals surface area contributed by atoms with Crippen molar-refractivity contribution in [3.05, 3.63) is 29.8 Å². The molecule has 0 radical (unpaired) electrons. The molecule has 0 spiro atoms. The number of hydrogen-bond donors (Lipinski definition) is 0. The highest BCUT2D eigenvalue weighted by Gasteiger charge is 2.42. The van der Waals surface area contributed by atoms with Gasteiger partial charge in [0.2, 0.25) is 0 Å². The summed E-state index contributed by atoms with van der Waals surface area (Å²) in [5.41, 5.74) is 0.633. The van der Waals surface area contributed by atoms with Gasteiger partial charge in [-0.25, -0.2) is 9.37 Å². The maximum absolute atomic E-state index is 12.9. The molecule has 19 heavy (non-hydrogen) atoms. The molecule has 0 aliphatic heterocycles. The number of halogens is 1. The molecule has 0 aromatic carbocycles. The predicted molar refractivity (Wildman–Crippen MR) is 72.3 cm³/mol. The molecule has 1 fully saturated rings. The average Bonchev–Trinajstić information content (AvgIpc) is 2.27. The van der Waals surface area contributed by atoms with Crippen LogP contribution in [0.1, 0.15) is 51.0 Å². The van der Waals surface area contributed by atoms with Gasteiger partial charge in [-0.1, -0.05) is 13.8 Å². The molecular weight excluding hydrogens is 243 g/mol. The van der Waals surface area contributed by atoms with E-state index >= 15 is 0 Å². The van der Waals surface area contributed by atoms with Crippen LogP contribution in [-0.2, 0) is 0 Å². The van der Waals surface area contributed by atoms with Gasteiger partial charge < -0.3 is 4.90 Å². The zero-order valence-corrected chi connectivity index (χ0v) is 12.0. The highest BCUT2D eigenvalue weighted by Crippen LogP contribution is 2.43. The molecule has 0 saturated heterocycles. The largest absolute Gasteiger partial charge is 0.332 e. The minimum atomic E-state index is -0.419. The van der Waals surface area contributed by atoms with Crippen molar-refractivity contribution in [1.82, 2.24) is 9.88 Å². The summed E-state index contributed by atoms with van der Waals surface area (Å²) in [6.45, 7) is 8.44. The second-order valence-electron chi connectivity index (χ2n) is 6.39. The van der Waals surface area contributed by atoms with Crippen molar-refractivity contribution < 1.29 is 9.18 Å². The molecule has 0 atom stereocenters. The lowest BCUT2D eigenvalue weighted by Gasteiger charge is -2.49. The Labute approximate surface area is 113 Å². The molecule has 1 aromatic heterocycles. The highest BCUT2D eigenvalue weighted by atomic mass is 19.1. The zero-order chi connectivity index (χ0) is 14.2. The van der Waals surface area contributed by atoms with Crippen LogP contribution in [-0.4, -0.2) is 27.9 Å². The van der Waals surface area contributed by atoms with Crippen LogP contribution in [0.4, 0.5) is 4.39 Å². The molecule has 1 amide bonds.